The first-order valence-electron chi connectivity index (χ1n) is 3.15. The molecule has 2 nitrogen and oxygen atoms in total. The Hall–Kier alpha value is -0.390. The molecule has 72 valence electrons. The summed E-state index contributed by atoms with van der Waals surface area (Å²) < 4.78 is 35.2. The topological polar surface area (TPSA) is 32.6 Å². The van der Waals surface area contributed by atoms with Gasteiger partial charge in [0, 0.05) is 4.75 Å². The lowest BCUT2D eigenvalue weighted by molar-refractivity contribution is -0.0574. The predicted octanol–water partition coefficient (Wildman–Crippen LogP) is 2.87. The van der Waals surface area contributed by atoms with Crippen molar-refractivity contribution in [3.05, 3.63) is 0 Å². The monoisotopic (exact) mass is 201 g/mol. The molecule has 0 bridgehead atoms. The summed E-state index contributed by atoms with van der Waals surface area (Å²) in [6.45, 7) is 4.82. The van der Waals surface area contributed by atoms with Crippen molar-refractivity contribution in [2.24, 2.45) is 5.16 Å². The van der Waals surface area contributed by atoms with Gasteiger partial charge in [0.15, 0.2) is 0 Å². The molecule has 0 aliphatic carbocycles. The standard InChI is InChI=1S/C6H10F3NOS/c1-5(2,3)12-4(10-11)6(7,8)9/h11H,1-3H3/b10-4-. The van der Waals surface area contributed by atoms with E-state index >= 15 is 0 Å². The Balaban J connectivity index is 4.43. The molecule has 0 radical (unpaired) electrons. The molecule has 0 unspecified atom stereocenters. The molecule has 6 heteroatoms. The smallest absolute Gasteiger partial charge is 0.410 e. The SMILES string of the molecule is CC(C)(C)S/C(=N\O)C(F)(F)F. The number of hydrogen-bond donors (Lipinski definition) is 1. The lowest BCUT2D eigenvalue weighted by Crippen LogP contribution is -2.25. The van der Waals surface area contributed by atoms with Gasteiger partial charge in [-0.2, -0.15) is 13.2 Å². The van der Waals surface area contributed by atoms with Crippen LogP contribution in [0.4, 0.5) is 13.2 Å². The number of nitrogens with zero attached hydrogens (tertiary/aromatic N) is 1. The number of rotatable bonds is 0. The molecule has 0 aliphatic rings. The van der Waals surface area contributed by atoms with Crippen LogP contribution in [0.5, 0.6) is 0 Å². The van der Waals surface area contributed by atoms with Crippen molar-refractivity contribution in [2.75, 3.05) is 0 Å². The molecule has 0 aromatic heterocycles. The number of thioether (sulfide) groups is 1. The van der Waals surface area contributed by atoms with Gasteiger partial charge >= 0.3 is 6.18 Å². The summed E-state index contributed by atoms with van der Waals surface area (Å²) in [6, 6.07) is 0. The summed E-state index contributed by atoms with van der Waals surface area (Å²) in [5.41, 5.74) is 0. The zero-order valence-electron chi connectivity index (χ0n) is 6.94. The second-order valence-corrected chi connectivity index (χ2v) is 4.93. The van der Waals surface area contributed by atoms with Crippen molar-refractivity contribution in [1.29, 1.82) is 0 Å². The average molecular weight is 201 g/mol. The molecular formula is C6H10F3NOS. The summed E-state index contributed by atoms with van der Waals surface area (Å²) in [4.78, 5) is 0. The number of halogens is 3. The highest BCUT2D eigenvalue weighted by Gasteiger charge is 2.39. The first-order valence-corrected chi connectivity index (χ1v) is 3.97. The van der Waals surface area contributed by atoms with Crippen molar-refractivity contribution < 1.29 is 18.4 Å². The van der Waals surface area contributed by atoms with Crippen LogP contribution in [-0.2, 0) is 0 Å². The molecule has 0 rings (SSSR count). The minimum absolute atomic E-state index is 0.484. The normalized spacial score (nSPS) is 15.0. The van der Waals surface area contributed by atoms with Gasteiger partial charge in [-0.05, 0) is 0 Å². The van der Waals surface area contributed by atoms with Crippen molar-refractivity contribution in [1.82, 2.24) is 0 Å². The van der Waals surface area contributed by atoms with Crippen LogP contribution < -0.4 is 0 Å². The Labute approximate surface area is 72.8 Å². The highest BCUT2D eigenvalue weighted by atomic mass is 32.2. The maximum Gasteiger partial charge on any atom is 0.442 e. The molecule has 0 heterocycles. The van der Waals surface area contributed by atoms with Crippen molar-refractivity contribution in [3.63, 3.8) is 0 Å². The Bertz CT molecular complexity index is 182. The number of alkyl halides is 3. The molecule has 0 aromatic rings. The van der Waals surface area contributed by atoms with Gasteiger partial charge < -0.3 is 5.21 Å². The van der Waals surface area contributed by atoms with E-state index < -0.39 is 16.0 Å². The Kier molecular flexibility index (Phi) is 3.44. The first-order chi connectivity index (χ1) is 5.17. The second kappa shape index (κ2) is 3.55. The van der Waals surface area contributed by atoms with Gasteiger partial charge in [0.25, 0.3) is 0 Å². The molecule has 0 spiro atoms. The lowest BCUT2D eigenvalue weighted by atomic mass is 10.3. The Morgan fingerprint density at radius 2 is 1.67 bits per heavy atom. The molecule has 1 N–H and O–H groups in total. The molecule has 0 amide bonds. The van der Waals surface area contributed by atoms with Gasteiger partial charge in [-0.3, -0.25) is 0 Å². The minimum Gasteiger partial charge on any atom is -0.410 e. The quantitative estimate of drug-likeness (QED) is 0.283. The lowest BCUT2D eigenvalue weighted by Gasteiger charge is -2.18. The zero-order chi connectivity index (χ0) is 9.99. The van der Waals surface area contributed by atoms with Crippen molar-refractivity contribution in [2.45, 2.75) is 31.7 Å². The van der Waals surface area contributed by atoms with Crippen LogP contribution in [0.25, 0.3) is 0 Å². The van der Waals surface area contributed by atoms with Crippen molar-refractivity contribution in [3.8, 4) is 0 Å². The molecule has 0 saturated carbocycles. The number of hydrogen-bond acceptors (Lipinski definition) is 3. The molecule has 0 aliphatic heterocycles. The van der Waals surface area contributed by atoms with Crippen LogP contribution in [-0.4, -0.2) is 21.2 Å². The average Bonchev–Trinajstić information content (AvgIpc) is 1.78. The maximum absolute atomic E-state index is 11.9. The molecule has 0 aromatic carbocycles. The van der Waals surface area contributed by atoms with E-state index in [9.17, 15) is 13.2 Å². The van der Waals surface area contributed by atoms with Crippen LogP contribution >= 0.6 is 11.8 Å². The van der Waals surface area contributed by atoms with E-state index in [1.165, 1.54) is 0 Å². The molecule has 0 fully saturated rings. The molecular weight excluding hydrogens is 191 g/mol. The second-order valence-electron chi connectivity index (χ2n) is 3.12. The van der Waals surface area contributed by atoms with E-state index in [1.807, 2.05) is 0 Å². The van der Waals surface area contributed by atoms with E-state index in [2.05, 4.69) is 5.16 Å². The van der Waals surface area contributed by atoms with Crippen LogP contribution in [0, 0.1) is 0 Å². The largest absolute Gasteiger partial charge is 0.442 e. The Morgan fingerprint density at radius 3 is 1.75 bits per heavy atom. The van der Waals surface area contributed by atoms with Gasteiger partial charge in [0.2, 0.25) is 5.04 Å². The summed E-state index contributed by atoms with van der Waals surface area (Å²) >= 11 is 0.484. The predicted molar refractivity (Wildman–Crippen MR) is 42.6 cm³/mol. The minimum atomic E-state index is -4.56. The molecule has 12 heavy (non-hydrogen) atoms. The Morgan fingerprint density at radius 1 is 1.25 bits per heavy atom. The third kappa shape index (κ3) is 4.48. The van der Waals surface area contributed by atoms with Gasteiger partial charge in [-0.15, -0.1) is 0 Å². The fraction of sp³-hybridized carbons (Fsp3) is 0.833. The van der Waals surface area contributed by atoms with Gasteiger partial charge in [-0.25, -0.2) is 0 Å². The highest BCUT2D eigenvalue weighted by molar-refractivity contribution is 8.15. The van der Waals surface area contributed by atoms with Gasteiger partial charge in [0.1, 0.15) is 0 Å². The third-order valence-corrected chi connectivity index (χ3v) is 1.86. The fourth-order valence-corrected chi connectivity index (χ4v) is 1.16. The van der Waals surface area contributed by atoms with Crippen LogP contribution in [0.1, 0.15) is 20.8 Å². The van der Waals surface area contributed by atoms with E-state index in [-0.39, 0.29) is 0 Å². The fourth-order valence-electron chi connectivity index (χ4n) is 0.425. The van der Waals surface area contributed by atoms with Crippen LogP contribution in [0.15, 0.2) is 5.16 Å². The van der Waals surface area contributed by atoms with Gasteiger partial charge in [-0.1, -0.05) is 37.7 Å². The van der Waals surface area contributed by atoms with Gasteiger partial charge in [0.05, 0.1) is 0 Å². The maximum atomic E-state index is 11.9. The first kappa shape index (κ1) is 11.6. The van der Waals surface area contributed by atoms with E-state index in [4.69, 9.17) is 5.21 Å². The summed E-state index contributed by atoms with van der Waals surface area (Å²) in [5, 5.41) is 9.06. The molecule has 0 atom stereocenters. The summed E-state index contributed by atoms with van der Waals surface area (Å²) in [5.74, 6) is 0. The van der Waals surface area contributed by atoms with Crippen molar-refractivity contribution >= 4 is 16.8 Å². The molecule has 0 saturated heterocycles. The van der Waals surface area contributed by atoms with Crippen LogP contribution in [0.3, 0.4) is 0 Å². The third-order valence-electron chi connectivity index (χ3n) is 0.736. The number of oxime groups is 1. The van der Waals surface area contributed by atoms with E-state index in [0.29, 0.717) is 11.8 Å². The summed E-state index contributed by atoms with van der Waals surface area (Å²) in [7, 11) is 0. The summed E-state index contributed by atoms with van der Waals surface area (Å²) in [6.07, 6.45) is -4.56. The zero-order valence-corrected chi connectivity index (χ0v) is 7.75. The van der Waals surface area contributed by atoms with Crippen LogP contribution in [0.2, 0.25) is 0 Å². The van der Waals surface area contributed by atoms with E-state index in [0.717, 1.165) is 0 Å². The highest BCUT2D eigenvalue weighted by Crippen LogP contribution is 2.33. The van der Waals surface area contributed by atoms with E-state index in [1.54, 1.807) is 20.8 Å².